The maximum atomic E-state index is 5.07. The van der Waals surface area contributed by atoms with E-state index in [-0.39, 0.29) is 0 Å². The van der Waals surface area contributed by atoms with Crippen molar-refractivity contribution in [3.63, 3.8) is 0 Å². The number of rotatable bonds is 4. The molecule has 7 aromatic rings. The minimum atomic E-state index is 0.825. The first-order chi connectivity index (χ1) is 18.4. The predicted molar refractivity (Wildman–Crippen MR) is 150 cm³/mol. The lowest BCUT2D eigenvalue weighted by Crippen LogP contribution is -1.99. The summed E-state index contributed by atoms with van der Waals surface area (Å²) in [6, 6.07) is 41.5. The van der Waals surface area contributed by atoms with Crippen molar-refractivity contribution in [1.82, 2.24) is 19.5 Å². The number of hydrogen-bond acceptors (Lipinski definition) is 3. The van der Waals surface area contributed by atoms with Gasteiger partial charge in [-0.15, -0.1) is 0 Å². The van der Waals surface area contributed by atoms with E-state index in [1.807, 2.05) is 42.7 Å². The van der Waals surface area contributed by atoms with E-state index in [1.165, 1.54) is 10.9 Å². The zero-order valence-corrected chi connectivity index (χ0v) is 20.0. The first-order valence-corrected chi connectivity index (χ1v) is 12.3. The van der Waals surface area contributed by atoms with Crippen LogP contribution >= 0.6 is 0 Å². The normalized spacial score (nSPS) is 11.2. The molecule has 4 heteroatoms. The van der Waals surface area contributed by atoms with E-state index in [1.54, 1.807) is 0 Å². The number of pyridine rings is 3. The Morgan fingerprint density at radius 3 is 2.03 bits per heavy atom. The van der Waals surface area contributed by atoms with Gasteiger partial charge in [0, 0.05) is 22.5 Å². The third kappa shape index (κ3) is 3.67. The standard InChI is InChI=1S/C33H22N4/c1-2-10-23(11-3-1)24-12-4-5-13-25(24)28-15-8-16-29(35-28)30-17-9-19-33(36-30)37-31-18-7-6-14-26(31)27-20-21-34-22-32(27)37/h1-22H. The molecule has 0 atom stereocenters. The topological polar surface area (TPSA) is 43.6 Å². The lowest BCUT2D eigenvalue weighted by atomic mass is 9.97. The molecule has 0 spiro atoms. The molecule has 4 nitrogen and oxygen atoms in total. The van der Waals surface area contributed by atoms with Gasteiger partial charge in [-0.3, -0.25) is 9.55 Å². The summed E-state index contributed by atoms with van der Waals surface area (Å²) in [6.45, 7) is 0. The molecular formula is C33H22N4. The van der Waals surface area contributed by atoms with Gasteiger partial charge < -0.3 is 0 Å². The van der Waals surface area contributed by atoms with Crippen molar-refractivity contribution >= 4 is 21.8 Å². The number of nitrogens with zero attached hydrogens (tertiary/aromatic N) is 4. The van der Waals surface area contributed by atoms with Gasteiger partial charge in [0.1, 0.15) is 5.82 Å². The van der Waals surface area contributed by atoms with Gasteiger partial charge in [-0.25, -0.2) is 9.97 Å². The Hall–Kier alpha value is -5.09. The van der Waals surface area contributed by atoms with E-state index >= 15 is 0 Å². The first kappa shape index (κ1) is 21.2. The zero-order valence-electron chi connectivity index (χ0n) is 20.0. The Morgan fingerprint density at radius 2 is 1.14 bits per heavy atom. The van der Waals surface area contributed by atoms with Crippen LogP contribution in [0.4, 0.5) is 0 Å². The summed E-state index contributed by atoms with van der Waals surface area (Å²) in [6.07, 6.45) is 3.74. The molecule has 0 saturated carbocycles. The van der Waals surface area contributed by atoms with Gasteiger partial charge >= 0.3 is 0 Å². The maximum Gasteiger partial charge on any atom is 0.138 e. The Labute approximate surface area is 214 Å². The molecule has 0 aliphatic carbocycles. The molecule has 0 aliphatic heterocycles. The van der Waals surface area contributed by atoms with Crippen molar-refractivity contribution in [2.75, 3.05) is 0 Å². The smallest absolute Gasteiger partial charge is 0.138 e. The van der Waals surface area contributed by atoms with Crippen molar-refractivity contribution in [1.29, 1.82) is 0 Å². The number of benzene rings is 3. The van der Waals surface area contributed by atoms with Gasteiger partial charge in [0.2, 0.25) is 0 Å². The Bertz CT molecular complexity index is 1830. The predicted octanol–water partition coefficient (Wildman–Crippen LogP) is 7.97. The Kier molecular flexibility index (Phi) is 5.07. The molecule has 174 valence electrons. The fourth-order valence-corrected chi connectivity index (χ4v) is 5.06. The second-order valence-corrected chi connectivity index (χ2v) is 8.95. The molecule has 0 N–H and O–H groups in total. The number of para-hydroxylation sites is 1. The highest BCUT2D eigenvalue weighted by molar-refractivity contribution is 6.08. The molecule has 0 fully saturated rings. The fourth-order valence-electron chi connectivity index (χ4n) is 5.06. The molecule has 4 heterocycles. The molecule has 4 aromatic heterocycles. The second-order valence-electron chi connectivity index (χ2n) is 8.95. The summed E-state index contributed by atoms with van der Waals surface area (Å²) in [5.74, 6) is 0.841. The molecular weight excluding hydrogens is 452 g/mol. The highest BCUT2D eigenvalue weighted by Crippen LogP contribution is 2.33. The maximum absolute atomic E-state index is 5.07. The van der Waals surface area contributed by atoms with Gasteiger partial charge in [-0.05, 0) is 47.5 Å². The van der Waals surface area contributed by atoms with Crippen LogP contribution in [-0.4, -0.2) is 19.5 Å². The summed E-state index contributed by atoms with van der Waals surface area (Å²) in [4.78, 5) is 14.5. The third-order valence-corrected chi connectivity index (χ3v) is 6.74. The number of aromatic nitrogens is 4. The summed E-state index contributed by atoms with van der Waals surface area (Å²) in [5, 5.41) is 2.35. The minimum Gasteiger partial charge on any atom is -0.292 e. The van der Waals surface area contributed by atoms with Crippen LogP contribution in [0.2, 0.25) is 0 Å². The van der Waals surface area contributed by atoms with Crippen molar-refractivity contribution in [3.05, 3.63) is 134 Å². The van der Waals surface area contributed by atoms with E-state index in [4.69, 9.17) is 9.97 Å². The van der Waals surface area contributed by atoms with Crippen molar-refractivity contribution in [2.24, 2.45) is 0 Å². The summed E-state index contributed by atoms with van der Waals surface area (Å²) >= 11 is 0. The molecule has 0 saturated heterocycles. The zero-order chi connectivity index (χ0) is 24.6. The van der Waals surface area contributed by atoms with Crippen molar-refractivity contribution in [3.8, 4) is 39.6 Å². The highest BCUT2D eigenvalue weighted by atomic mass is 15.1. The molecule has 0 amide bonds. The fraction of sp³-hybridized carbons (Fsp3) is 0. The van der Waals surface area contributed by atoms with Crippen LogP contribution in [0.15, 0.2) is 134 Å². The summed E-state index contributed by atoms with van der Waals surface area (Å²) in [5.41, 5.74) is 8.15. The number of fused-ring (bicyclic) bond motifs is 3. The van der Waals surface area contributed by atoms with Crippen LogP contribution in [0.3, 0.4) is 0 Å². The average Bonchev–Trinajstić information content (AvgIpc) is 3.32. The second kappa shape index (κ2) is 8.85. The van der Waals surface area contributed by atoms with Crippen LogP contribution in [-0.2, 0) is 0 Å². The molecule has 3 aromatic carbocycles. The third-order valence-electron chi connectivity index (χ3n) is 6.74. The molecule has 0 unspecified atom stereocenters. The molecule has 37 heavy (non-hydrogen) atoms. The van der Waals surface area contributed by atoms with E-state index in [0.717, 1.165) is 50.4 Å². The van der Waals surface area contributed by atoms with Crippen LogP contribution in [0.1, 0.15) is 0 Å². The van der Waals surface area contributed by atoms with E-state index < -0.39 is 0 Å². The van der Waals surface area contributed by atoms with Crippen molar-refractivity contribution < 1.29 is 0 Å². The van der Waals surface area contributed by atoms with Crippen LogP contribution in [0, 0.1) is 0 Å². The monoisotopic (exact) mass is 474 g/mol. The molecule has 0 aliphatic rings. The van der Waals surface area contributed by atoms with Crippen LogP contribution in [0.5, 0.6) is 0 Å². The first-order valence-electron chi connectivity index (χ1n) is 12.3. The minimum absolute atomic E-state index is 0.825. The average molecular weight is 475 g/mol. The van der Waals surface area contributed by atoms with Gasteiger partial charge in [-0.1, -0.05) is 84.9 Å². The molecule has 7 rings (SSSR count). The van der Waals surface area contributed by atoms with Crippen LogP contribution < -0.4 is 0 Å². The number of hydrogen-bond donors (Lipinski definition) is 0. The highest BCUT2D eigenvalue weighted by Gasteiger charge is 2.14. The summed E-state index contributed by atoms with van der Waals surface area (Å²) in [7, 11) is 0. The SMILES string of the molecule is c1ccc(-c2ccccc2-c2cccc(-c3cccc(-n4c5ccccc5c5ccncc54)n3)n2)cc1. The van der Waals surface area contributed by atoms with Gasteiger partial charge in [0.15, 0.2) is 0 Å². The van der Waals surface area contributed by atoms with Gasteiger partial charge in [0.25, 0.3) is 0 Å². The Morgan fingerprint density at radius 1 is 0.459 bits per heavy atom. The van der Waals surface area contributed by atoms with E-state index in [9.17, 15) is 0 Å². The van der Waals surface area contributed by atoms with Gasteiger partial charge in [0.05, 0.1) is 34.3 Å². The van der Waals surface area contributed by atoms with E-state index in [2.05, 4.69) is 101 Å². The Balaban J connectivity index is 1.36. The molecule has 0 radical (unpaired) electrons. The largest absolute Gasteiger partial charge is 0.292 e. The molecule has 0 bridgehead atoms. The quantitative estimate of drug-likeness (QED) is 0.260. The van der Waals surface area contributed by atoms with E-state index in [0.29, 0.717) is 0 Å². The summed E-state index contributed by atoms with van der Waals surface area (Å²) < 4.78 is 2.18. The van der Waals surface area contributed by atoms with Crippen molar-refractivity contribution in [2.45, 2.75) is 0 Å². The lowest BCUT2D eigenvalue weighted by Gasteiger charge is -2.12. The van der Waals surface area contributed by atoms with Gasteiger partial charge in [-0.2, -0.15) is 0 Å². The lowest BCUT2D eigenvalue weighted by molar-refractivity contribution is 1.07. The van der Waals surface area contributed by atoms with Crippen LogP contribution in [0.25, 0.3) is 61.4 Å².